The van der Waals surface area contributed by atoms with Gasteiger partial charge in [0.2, 0.25) is 0 Å². The van der Waals surface area contributed by atoms with Crippen molar-refractivity contribution in [1.82, 2.24) is 5.43 Å². The third-order valence-electron chi connectivity index (χ3n) is 1.71. The number of nitrogens with one attached hydrogen (secondary N) is 1. The number of hydrazone groups is 1. The molecule has 1 rings (SSSR count). The number of thiocarbonyl (C=S) groups is 1. The first-order valence-corrected chi connectivity index (χ1v) is 5.65. The van der Waals surface area contributed by atoms with Crippen LogP contribution in [0.2, 0.25) is 0 Å². The van der Waals surface area contributed by atoms with E-state index in [-0.39, 0.29) is 17.3 Å². The van der Waals surface area contributed by atoms with E-state index in [2.05, 4.69) is 38.7 Å². The average molecular weight is 300 g/mol. The predicted octanol–water partition coefficient (Wildman–Crippen LogP) is 1.84. The molecule has 4 nitrogen and oxygen atoms in total. The summed E-state index contributed by atoms with van der Waals surface area (Å²) in [6, 6.07) is 7.14. The molecule has 0 bridgehead atoms. The molecular formula is C10H10BrN3OS. The van der Waals surface area contributed by atoms with Crippen molar-refractivity contribution in [3.05, 3.63) is 34.3 Å². The van der Waals surface area contributed by atoms with Crippen molar-refractivity contribution in [1.29, 1.82) is 0 Å². The minimum atomic E-state index is -0.0130. The zero-order chi connectivity index (χ0) is 12.0. The van der Waals surface area contributed by atoms with E-state index in [0.29, 0.717) is 5.56 Å². The first kappa shape index (κ1) is 12.8. The summed E-state index contributed by atoms with van der Waals surface area (Å²) >= 11 is 7.84. The van der Waals surface area contributed by atoms with Gasteiger partial charge in [0, 0.05) is 22.7 Å². The normalized spacial score (nSPS) is 10.3. The monoisotopic (exact) mass is 299 g/mol. The van der Waals surface area contributed by atoms with Gasteiger partial charge in [-0.15, -0.1) is 0 Å². The Morgan fingerprint density at radius 2 is 2.12 bits per heavy atom. The quantitative estimate of drug-likeness (QED) is 0.385. The maximum absolute atomic E-state index is 11.6. The number of nitrogens with two attached hydrogens (primary N) is 1. The lowest BCUT2D eigenvalue weighted by atomic mass is 10.1. The summed E-state index contributed by atoms with van der Waals surface area (Å²) in [5.41, 5.74) is 8.18. The first-order chi connectivity index (χ1) is 7.59. The summed E-state index contributed by atoms with van der Waals surface area (Å²) in [6.07, 6.45) is 1.64. The molecule has 0 saturated heterocycles. The lowest BCUT2D eigenvalue weighted by molar-refractivity contribution is 0.100. The molecule has 0 aliphatic rings. The lowest BCUT2D eigenvalue weighted by Crippen LogP contribution is -2.24. The predicted molar refractivity (Wildman–Crippen MR) is 71.5 cm³/mol. The summed E-state index contributed by atoms with van der Waals surface area (Å²) in [7, 11) is 0. The van der Waals surface area contributed by atoms with Gasteiger partial charge in [-0.25, -0.2) is 0 Å². The summed E-state index contributed by atoms with van der Waals surface area (Å²) in [6.45, 7) is 0. The van der Waals surface area contributed by atoms with E-state index in [1.807, 2.05) is 12.1 Å². The van der Waals surface area contributed by atoms with E-state index in [1.54, 1.807) is 12.1 Å². The van der Waals surface area contributed by atoms with E-state index in [0.717, 1.165) is 4.47 Å². The van der Waals surface area contributed by atoms with Crippen LogP contribution in [0.4, 0.5) is 0 Å². The lowest BCUT2D eigenvalue weighted by Gasteiger charge is -1.97. The van der Waals surface area contributed by atoms with Gasteiger partial charge in [-0.05, 0) is 24.4 Å². The van der Waals surface area contributed by atoms with Gasteiger partial charge in [-0.2, -0.15) is 5.10 Å². The third kappa shape index (κ3) is 4.50. The van der Waals surface area contributed by atoms with Crippen LogP contribution in [-0.2, 0) is 0 Å². The smallest absolute Gasteiger partial charge is 0.184 e. The SMILES string of the molecule is NC(=S)N/N=C/CC(=O)c1ccc(Br)cc1. The Kier molecular flexibility index (Phi) is 5.07. The second-order valence-corrected chi connectivity index (χ2v) is 4.28. The van der Waals surface area contributed by atoms with E-state index in [9.17, 15) is 4.79 Å². The zero-order valence-corrected chi connectivity index (χ0v) is 10.7. The van der Waals surface area contributed by atoms with Crippen LogP contribution in [0, 0.1) is 0 Å². The number of benzene rings is 1. The summed E-state index contributed by atoms with van der Waals surface area (Å²) in [5.74, 6) is -0.0130. The third-order valence-corrected chi connectivity index (χ3v) is 2.33. The van der Waals surface area contributed by atoms with Crippen molar-refractivity contribution in [2.24, 2.45) is 10.8 Å². The molecule has 1 aromatic rings. The van der Waals surface area contributed by atoms with Gasteiger partial charge >= 0.3 is 0 Å². The molecule has 0 spiro atoms. The van der Waals surface area contributed by atoms with Crippen molar-refractivity contribution in [2.45, 2.75) is 6.42 Å². The van der Waals surface area contributed by atoms with Crippen LogP contribution in [0.15, 0.2) is 33.8 Å². The van der Waals surface area contributed by atoms with Crippen molar-refractivity contribution in [2.75, 3.05) is 0 Å². The van der Waals surface area contributed by atoms with Crippen LogP contribution in [0.1, 0.15) is 16.8 Å². The van der Waals surface area contributed by atoms with Crippen LogP contribution < -0.4 is 11.2 Å². The van der Waals surface area contributed by atoms with Gasteiger partial charge in [-0.1, -0.05) is 28.1 Å². The molecular weight excluding hydrogens is 290 g/mol. The molecule has 0 aliphatic heterocycles. The summed E-state index contributed by atoms with van der Waals surface area (Å²) < 4.78 is 0.938. The van der Waals surface area contributed by atoms with E-state index in [1.165, 1.54) is 6.21 Å². The fourth-order valence-corrected chi connectivity index (χ4v) is 1.31. The molecule has 0 aliphatic carbocycles. The number of hydrogen-bond donors (Lipinski definition) is 2. The Bertz CT molecular complexity index is 417. The van der Waals surface area contributed by atoms with Crippen LogP contribution in [0.5, 0.6) is 0 Å². The molecule has 0 atom stereocenters. The van der Waals surface area contributed by atoms with E-state index >= 15 is 0 Å². The second-order valence-electron chi connectivity index (χ2n) is 2.92. The number of carbonyl (C=O) groups is 1. The number of halogens is 1. The van der Waals surface area contributed by atoms with Crippen molar-refractivity contribution in [3.63, 3.8) is 0 Å². The van der Waals surface area contributed by atoms with Gasteiger partial charge in [0.15, 0.2) is 10.9 Å². The fourth-order valence-electron chi connectivity index (χ4n) is 0.991. The van der Waals surface area contributed by atoms with Crippen molar-refractivity contribution < 1.29 is 4.79 Å². The average Bonchev–Trinajstić information content (AvgIpc) is 2.25. The van der Waals surface area contributed by atoms with Crippen LogP contribution >= 0.6 is 28.1 Å². The van der Waals surface area contributed by atoms with Gasteiger partial charge in [0.1, 0.15) is 0 Å². The van der Waals surface area contributed by atoms with Crippen LogP contribution in [0.3, 0.4) is 0 Å². The fraction of sp³-hybridized carbons (Fsp3) is 0.100. The van der Waals surface area contributed by atoms with Gasteiger partial charge in [0.25, 0.3) is 0 Å². The van der Waals surface area contributed by atoms with E-state index in [4.69, 9.17) is 5.73 Å². The Hall–Kier alpha value is -1.27. The molecule has 84 valence electrons. The molecule has 0 unspecified atom stereocenters. The summed E-state index contributed by atoms with van der Waals surface area (Å²) in [5, 5.41) is 3.76. The number of hydrogen-bond acceptors (Lipinski definition) is 3. The minimum absolute atomic E-state index is 0.0130. The molecule has 0 heterocycles. The maximum atomic E-state index is 11.6. The Morgan fingerprint density at radius 1 is 1.50 bits per heavy atom. The highest BCUT2D eigenvalue weighted by molar-refractivity contribution is 9.10. The topological polar surface area (TPSA) is 67.5 Å². The minimum Gasteiger partial charge on any atom is -0.375 e. The maximum Gasteiger partial charge on any atom is 0.184 e. The molecule has 1 aromatic carbocycles. The highest BCUT2D eigenvalue weighted by atomic mass is 79.9. The molecule has 0 aromatic heterocycles. The Balaban J connectivity index is 2.50. The Labute approximate surface area is 107 Å². The highest BCUT2D eigenvalue weighted by Gasteiger charge is 2.02. The summed E-state index contributed by atoms with van der Waals surface area (Å²) in [4.78, 5) is 11.6. The van der Waals surface area contributed by atoms with Crippen LogP contribution in [0.25, 0.3) is 0 Å². The molecule has 16 heavy (non-hydrogen) atoms. The van der Waals surface area contributed by atoms with E-state index < -0.39 is 0 Å². The number of Topliss-reactive ketones (excluding diaryl/α,β-unsaturated/α-hetero) is 1. The molecule has 6 heteroatoms. The molecule has 0 amide bonds. The molecule has 0 fully saturated rings. The zero-order valence-electron chi connectivity index (χ0n) is 8.31. The van der Waals surface area contributed by atoms with Crippen molar-refractivity contribution in [3.8, 4) is 0 Å². The number of nitrogens with zero attached hydrogens (tertiary/aromatic N) is 1. The second kappa shape index (κ2) is 6.34. The standard InChI is InChI=1S/C10H10BrN3OS/c11-8-3-1-7(2-4-8)9(15)5-6-13-14-10(12)16/h1-4,6H,5H2,(H3,12,14,16)/b13-6+. The number of carbonyl (C=O) groups excluding carboxylic acids is 1. The van der Waals surface area contributed by atoms with Crippen molar-refractivity contribution >= 4 is 45.3 Å². The highest BCUT2D eigenvalue weighted by Crippen LogP contribution is 2.11. The number of rotatable bonds is 4. The largest absolute Gasteiger partial charge is 0.375 e. The van der Waals surface area contributed by atoms with Gasteiger partial charge in [0.05, 0.1) is 0 Å². The number of ketones is 1. The van der Waals surface area contributed by atoms with Gasteiger partial charge < -0.3 is 5.73 Å². The molecule has 3 N–H and O–H groups in total. The molecule has 0 radical (unpaired) electrons. The van der Waals surface area contributed by atoms with Crippen LogP contribution in [-0.4, -0.2) is 17.1 Å². The molecule has 0 saturated carbocycles. The Morgan fingerprint density at radius 3 is 2.69 bits per heavy atom. The van der Waals surface area contributed by atoms with Gasteiger partial charge in [-0.3, -0.25) is 10.2 Å². The first-order valence-electron chi connectivity index (χ1n) is 4.45.